The average Bonchev–Trinajstić information content (AvgIpc) is 2.48. The summed E-state index contributed by atoms with van der Waals surface area (Å²) in [6.45, 7) is 3.83. The number of benzene rings is 2. The molecule has 0 saturated heterocycles. The monoisotopic (exact) mass is 314 g/mol. The van der Waals surface area contributed by atoms with Gasteiger partial charge < -0.3 is 9.15 Å². The van der Waals surface area contributed by atoms with E-state index >= 15 is 0 Å². The van der Waals surface area contributed by atoms with E-state index in [2.05, 4.69) is 0 Å². The first-order valence-electron chi connectivity index (χ1n) is 7.04. The van der Waals surface area contributed by atoms with Gasteiger partial charge in [0, 0.05) is 17.5 Å². The maximum Gasteiger partial charge on any atom is 0.336 e. The second-order valence-electron chi connectivity index (χ2n) is 5.29. The van der Waals surface area contributed by atoms with Crippen LogP contribution in [0, 0.1) is 0 Å². The van der Waals surface area contributed by atoms with Gasteiger partial charge in [0.2, 0.25) is 0 Å². The Morgan fingerprint density at radius 3 is 2.50 bits per heavy atom. The molecule has 0 aliphatic heterocycles. The second kappa shape index (κ2) is 5.85. The molecule has 1 aromatic heterocycles. The summed E-state index contributed by atoms with van der Waals surface area (Å²) in [5.41, 5.74) is 1.80. The summed E-state index contributed by atoms with van der Waals surface area (Å²) >= 11 is 6.30. The van der Waals surface area contributed by atoms with Crippen LogP contribution in [0.1, 0.15) is 13.8 Å². The summed E-state index contributed by atoms with van der Waals surface area (Å²) < 4.78 is 11.0. The van der Waals surface area contributed by atoms with Crippen LogP contribution in [0.25, 0.3) is 22.1 Å². The quantitative estimate of drug-likeness (QED) is 0.645. The summed E-state index contributed by atoms with van der Waals surface area (Å²) in [6.07, 6.45) is -0.0148. The van der Waals surface area contributed by atoms with Gasteiger partial charge in [-0.05, 0) is 31.0 Å². The molecule has 0 aliphatic rings. The Hall–Kier alpha value is -2.26. The third kappa shape index (κ3) is 2.85. The topological polar surface area (TPSA) is 39.4 Å². The van der Waals surface area contributed by atoms with E-state index in [0.29, 0.717) is 16.4 Å². The first-order chi connectivity index (χ1) is 10.5. The molecule has 0 unspecified atom stereocenters. The SMILES string of the molecule is CC(C)Oc1cc2oc(=O)cc(-c3ccccc3)c2cc1Cl. The van der Waals surface area contributed by atoms with Crippen molar-refractivity contribution in [3.05, 3.63) is 64.0 Å². The molecule has 3 nitrogen and oxygen atoms in total. The van der Waals surface area contributed by atoms with Gasteiger partial charge in [-0.3, -0.25) is 0 Å². The molecule has 3 aromatic rings. The molecule has 2 aromatic carbocycles. The van der Waals surface area contributed by atoms with E-state index in [4.69, 9.17) is 20.8 Å². The third-order valence-electron chi connectivity index (χ3n) is 3.24. The largest absolute Gasteiger partial charge is 0.489 e. The highest BCUT2D eigenvalue weighted by Gasteiger charge is 2.13. The fourth-order valence-electron chi connectivity index (χ4n) is 2.36. The van der Waals surface area contributed by atoms with Crippen molar-refractivity contribution in [2.45, 2.75) is 20.0 Å². The van der Waals surface area contributed by atoms with Crippen LogP contribution in [0.15, 0.2) is 57.7 Å². The first kappa shape index (κ1) is 14.7. The van der Waals surface area contributed by atoms with E-state index in [1.54, 1.807) is 12.1 Å². The molecule has 0 N–H and O–H groups in total. The normalized spacial score (nSPS) is 11.1. The Labute approximate surface area is 133 Å². The summed E-state index contributed by atoms with van der Waals surface area (Å²) in [5.74, 6) is 0.512. The van der Waals surface area contributed by atoms with E-state index in [0.717, 1.165) is 16.5 Å². The van der Waals surface area contributed by atoms with Crippen LogP contribution in [0.2, 0.25) is 5.02 Å². The molecule has 0 amide bonds. The minimum atomic E-state index is -0.399. The number of hydrogen-bond donors (Lipinski definition) is 0. The van der Waals surface area contributed by atoms with Crippen LogP contribution in [0.3, 0.4) is 0 Å². The van der Waals surface area contributed by atoms with E-state index in [1.165, 1.54) is 6.07 Å². The predicted molar refractivity (Wildman–Crippen MR) is 88.7 cm³/mol. The van der Waals surface area contributed by atoms with Crippen molar-refractivity contribution in [2.24, 2.45) is 0 Å². The summed E-state index contributed by atoms with van der Waals surface area (Å²) in [4.78, 5) is 11.9. The zero-order chi connectivity index (χ0) is 15.7. The second-order valence-corrected chi connectivity index (χ2v) is 5.70. The lowest BCUT2D eigenvalue weighted by molar-refractivity contribution is 0.242. The highest BCUT2D eigenvalue weighted by Crippen LogP contribution is 2.35. The summed E-state index contributed by atoms with van der Waals surface area (Å²) in [6, 6.07) is 14.6. The van der Waals surface area contributed by atoms with Crippen molar-refractivity contribution in [2.75, 3.05) is 0 Å². The van der Waals surface area contributed by atoms with Crippen LogP contribution in [0.5, 0.6) is 5.75 Å². The first-order valence-corrected chi connectivity index (χ1v) is 7.42. The van der Waals surface area contributed by atoms with Gasteiger partial charge in [-0.1, -0.05) is 41.9 Å². The van der Waals surface area contributed by atoms with Crippen LogP contribution >= 0.6 is 11.6 Å². The van der Waals surface area contributed by atoms with Crippen LogP contribution in [-0.4, -0.2) is 6.10 Å². The molecule has 3 rings (SSSR count). The van der Waals surface area contributed by atoms with Crippen LogP contribution in [-0.2, 0) is 0 Å². The highest BCUT2D eigenvalue weighted by molar-refractivity contribution is 6.33. The maximum absolute atomic E-state index is 11.9. The molecule has 22 heavy (non-hydrogen) atoms. The Balaban J connectivity index is 2.27. The predicted octanol–water partition coefficient (Wildman–Crippen LogP) is 4.90. The van der Waals surface area contributed by atoms with Crippen molar-refractivity contribution in [3.63, 3.8) is 0 Å². The van der Waals surface area contributed by atoms with Crippen molar-refractivity contribution >= 4 is 22.6 Å². The van der Waals surface area contributed by atoms with Crippen molar-refractivity contribution in [1.82, 2.24) is 0 Å². The number of halogens is 1. The third-order valence-corrected chi connectivity index (χ3v) is 3.54. The van der Waals surface area contributed by atoms with E-state index in [1.807, 2.05) is 44.2 Å². The Bertz CT molecular complexity index is 867. The van der Waals surface area contributed by atoms with Gasteiger partial charge in [0.15, 0.2) is 0 Å². The van der Waals surface area contributed by atoms with E-state index < -0.39 is 5.63 Å². The van der Waals surface area contributed by atoms with Crippen molar-refractivity contribution in [3.8, 4) is 16.9 Å². The van der Waals surface area contributed by atoms with Crippen LogP contribution in [0.4, 0.5) is 0 Å². The molecule has 0 aliphatic carbocycles. The van der Waals surface area contributed by atoms with E-state index in [9.17, 15) is 4.79 Å². The molecule has 0 bridgehead atoms. The lowest BCUT2D eigenvalue weighted by Gasteiger charge is -2.13. The van der Waals surface area contributed by atoms with Gasteiger partial charge in [0.25, 0.3) is 0 Å². The van der Waals surface area contributed by atoms with Gasteiger partial charge in [-0.15, -0.1) is 0 Å². The van der Waals surface area contributed by atoms with Gasteiger partial charge in [-0.25, -0.2) is 4.79 Å². The molecular weight excluding hydrogens is 300 g/mol. The fourth-order valence-corrected chi connectivity index (χ4v) is 2.57. The molecule has 1 heterocycles. The number of fused-ring (bicyclic) bond motifs is 1. The minimum Gasteiger partial charge on any atom is -0.489 e. The Morgan fingerprint density at radius 1 is 1.09 bits per heavy atom. The smallest absolute Gasteiger partial charge is 0.336 e. The van der Waals surface area contributed by atoms with Crippen molar-refractivity contribution < 1.29 is 9.15 Å². The molecule has 0 atom stereocenters. The lowest BCUT2D eigenvalue weighted by atomic mass is 10.0. The average molecular weight is 315 g/mol. The number of ether oxygens (including phenoxy) is 1. The molecule has 0 spiro atoms. The molecule has 0 fully saturated rings. The highest BCUT2D eigenvalue weighted by atomic mass is 35.5. The molecule has 4 heteroatoms. The fraction of sp³-hybridized carbons (Fsp3) is 0.167. The zero-order valence-corrected chi connectivity index (χ0v) is 13.1. The molecule has 0 saturated carbocycles. The van der Waals surface area contributed by atoms with Gasteiger partial charge in [0.1, 0.15) is 11.3 Å². The standard InChI is InChI=1S/C18H15ClO3/c1-11(2)21-17-10-16-14(8-15(17)19)13(9-18(20)22-16)12-6-4-3-5-7-12/h3-11H,1-2H3. The van der Waals surface area contributed by atoms with Crippen molar-refractivity contribution in [1.29, 1.82) is 0 Å². The van der Waals surface area contributed by atoms with Crippen LogP contribution < -0.4 is 10.4 Å². The molecule has 112 valence electrons. The lowest BCUT2D eigenvalue weighted by Crippen LogP contribution is -2.06. The Morgan fingerprint density at radius 2 is 1.82 bits per heavy atom. The van der Waals surface area contributed by atoms with Gasteiger partial charge in [-0.2, -0.15) is 0 Å². The summed E-state index contributed by atoms with van der Waals surface area (Å²) in [7, 11) is 0. The van der Waals surface area contributed by atoms with Gasteiger partial charge >= 0.3 is 5.63 Å². The zero-order valence-electron chi connectivity index (χ0n) is 12.3. The molecular formula is C18H15ClO3. The number of rotatable bonds is 3. The maximum atomic E-state index is 11.9. The summed E-state index contributed by atoms with van der Waals surface area (Å²) in [5, 5.41) is 1.28. The minimum absolute atomic E-state index is 0.0148. The number of hydrogen-bond acceptors (Lipinski definition) is 3. The van der Waals surface area contributed by atoms with Gasteiger partial charge in [0.05, 0.1) is 11.1 Å². The van der Waals surface area contributed by atoms with E-state index in [-0.39, 0.29) is 6.10 Å². The Kier molecular flexibility index (Phi) is 3.90. The molecule has 0 radical (unpaired) electrons.